The smallest absolute Gasteiger partial charge is 0.161 e. The van der Waals surface area contributed by atoms with E-state index in [4.69, 9.17) is 4.74 Å². The summed E-state index contributed by atoms with van der Waals surface area (Å²) in [7, 11) is 0. The summed E-state index contributed by atoms with van der Waals surface area (Å²) in [5.41, 5.74) is 2.77. The first-order valence-corrected chi connectivity index (χ1v) is 13.1. The second-order valence-corrected chi connectivity index (χ2v) is 10.7. The maximum atomic E-state index is 9.95. The van der Waals surface area contributed by atoms with E-state index in [1.807, 2.05) is 0 Å². The van der Waals surface area contributed by atoms with E-state index in [9.17, 15) is 5.26 Å². The highest BCUT2D eigenvalue weighted by Crippen LogP contribution is 2.38. The number of fused-ring (bicyclic) bond motifs is 3. The fourth-order valence-electron chi connectivity index (χ4n) is 5.56. The minimum Gasteiger partial charge on any atom is -0.381 e. The predicted molar refractivity (Wildman–Crippen MR) is 134 cm³/mol. The maximum absolute atomic E-state index is 9.95. The van der Waals surface area contributed by atoms with E-state index in [0.29, 0.717) is 19.1 Å². The molecule has 0 N–H and O–H groups in total. The van der Waals surface area contributed by atoms with Crippen LogP contribution in [0.3, 0.4) is 0 Å². The lowest BCUT2D eigenvalue weighted by Gasteiger charge is -2.31. The molecule has 2 fully saturated rings. The first-order valence-electron chi connectivity index (χ1n) is 12.3. The number of hydrogen-bond acceptors (Lipinski definition) is 5. The number of nitriles is 1. The van der Waals surface area contributed by atoms with E-state index in [0.717, 1.165) is 34.8 Å². The Morgan fingerprint density at radius 3 is 2.59 bits per heavy atom. The van der Waals surface area contributed by atoms with Crippen molar-refractivity contribution >= 4 is 28.3 Å². The number of nitrogens with zero attached hydrogens (tertiary/aromatic N) is 4. The van der Waals surface area contributed by atoms with E-state index in [-0.39, 0.29) is 0 Å². The van der Waals surface area contributed by atoms with Crippen LogP contribution < -0.4 is 0 Å². The molecule has 2 aromatic heterocycles. The third-order valence-corrected chi connectivity index (χ3v) is 8.50. The van der Waals surface area contributed by atoms with E-state index >= 15 is 0 Å². The van der Waals surface area contributed by atoms with Gasteiger partial charge in [0.2, 0.25) is 0 Å². The highest BCUT2D eigenvalue weighted by Gasteiger charge is 2.34. The fourth-order valence-corrected chi connectivity index (χ4v) is 6.49. The molecule has 0 amide bonds. The summed E-state index contributed by atoms with van der Waals surface area (Å²) in [6.07, 6.45) is 7.82. The van der Waals surface area contributed by atoms with Gasteiger partial charge in [0.05, 0.1) is 17.0 Å². The van der Waals surface area contributed by atoms with Gasteiger partial charge in [0.15, 0.2) is 5.65 Å². The molecule has 1 aliphatic heterocycles. The van der Waals surface area contributed by atoms with Gasteiger partial charge in [-0.25, -0.2) is 0 Å². The van der Waals surface area contributed by atoms with Crippen molar-refractivity contribution in [3.8, 4) is 6.07 Å². The minimum absolute atomic E-state index is 0.437. The van der Waals surface area contributed by atoms with Crippen molar-refractivity contribution < 1.29 is 4.74 Å². The Hall–Kier alpha value is -2.88. The van der Waals surface area contributed by atoms with Crippen LogP contribution in [0.1, 0.15) is 62.3 Å². The summed E-state index contributed by atoms with van der Waals surface area (Å²) in [5.74, 6) is 1.62. The molecule has 1 saturated heterocycles. The molecule has 0 atom stereocenters. The van der Waals surface area contributed by atoms with Crippen molar-refractivity contribution in [1.29, 1.82) is 5.26 Å². The van der Waals surface area contributed by atoms with Gasteiger partial charge < -0.3 is 4.74 Å². The molecule has 0 unspecified atom stereocenters. The molecule has 2 aromatic carbocycles. The van der Waals surface area contributed by atoms with Crippen LogP contribution in [0.15, 0.2) is 64.4 Å². The number of pyridine rings is 1. The van der Waals surface area contributed by atoms with Crippen LogP contribution in [0, 0.1) is 11.3 Å². The van der Waals surface area contributed by atoms with Gasteiger partial charge in [-0.3, -0.25) is 4.40 Å². The number of aromatic nitrogens is 3. The van der Waals surface area contributed by atoms with Gasteiger partial charge in [-0.2, -0.15) is 5.26 Å². The third kappa shape index (κ3) is 3.87. The molecule has 1 saturated carbocycles. The lowest BCUT2D eigenvalue weighted by atomic mass is 9.75. The SMILES string of the molecule is N#CC1(c2cccc(Sc3ccc4c(ccc5nnc(C6CCCCC6)n54)c3)c2)CCOCC1. The summed E-state index contributed by atoms with van der Waals surface area (Å²) >= 11 is 1.75. The molecule has 0 spiro atoms. The lowest BCUT2D eigenvalue weighted by molar-refractivity contribution is 0.0675. The number of hydrogen-bond donors (Lipinski definition) is 0. The molecule has 5 nitrogen and oxygen atoms in total. The van der Waals surface area contributed by atoms with Crippen molar-refractivity contribution in [3.05, 3.63) is 66.0 Å². The van der Waals surface area contributed by atoms with E-state index in [1.54, 1.807) is 11.8 Å². The average Bonchev–Trinajstić information content (AvgIpc) is 3.34. The normalized spacial score (nSPS) is 18.8. The quantitative estimate of drug-likeness (QED) is 0.335. The first-order chi connectivity index (χ1) is 16.8. The Bertz CT molecular complexity index is 1380. The van der Waals surface area contributed by atoms with Gasteiger partial charge in [-0.05, 0) is 79.1 Å². The predicted octanol–water partition coefficient (Wildman–Crippen LogP) is 6.65. The summed E-state index contributed by atoms with van der Waals surface area (Å²) in [6, 6.07) is 22.0. The molecule has 2 aliphatic rings. The first kappa shape index (κ1) is 21.6. The molecule has 0 radical (unpaired) electrons. The maximum Gasteiger partial charge on any atom is 0.161 e. The van der Waals surface area contributed by atoms with Crippen LogP contribution in [0.5, 0.6) is 0 Å². The molecular weight excluding hydrogens is 440 g/mol. The van der Waals surface area contributed by atoms with Gasteiger partial charge >= 0.3 is 0 Å². The van der Waals surface area contributed by atoms with Crippen LogP contribution >= 0.6 is 11.8 Å². The Morgan fingerprint density at radius 1 is 0.941 bits per heavy atom. The molecule has 34 heavy (non-hydrogen) atoms. The molecule has 0 bridgehead atoms. The van der Waals surface area contributed by atoms with Crippen LogP contribution in [0.25, 0.3) is 16.6 Å². The Labute approximate surface area is 204 Å². The van der Waals surface area contributed by atoms with Crippen LogP contribution in [0.4, 0.5) is 0 Å². The topological polar surface area (TPSA) is 63.2 Å². The highest BCUT2D eigenvalue weighted by molar-refractivity contribution is 7.99. The molecular formula is C28H28N4OS. The van der Waals surface area contributed by atoms with Gasteiger partial charge in [0.25, 0.3) is 0 Å². The molecule has 6 heteroatoms. The Kier molecular flexibility index (Phi) is 5.76. The monoisotopic (exact) mass is 468 g/mol. The molecule has 3 heterocycles. The molecule has 172 valence electrons. The van der Waals surface area contributed by atoms with Crippen molar-refractivity contribution in [2.24, 2.45) is 0 Å². The summed E-state index contributed by atoms with van der Waals surface area (Å²) in [5, 5.41) is 20.2. The molecule has 4 aromatic rings. The Balaban J connectivity index is 1.32. The van der Waals surface area contributed by atoms with Crippen LogP contribution in [-0.2, 0) is 10.2 Å². The second kappa shape index (κ2) is 9.05. The van der Waals surface area contributed by atoms with Crippen molar-refractivity contribution in [1.82, 2.24) is 14.6 Å². The molecule has 1 aliphatic carbocycles. The van der Waals surface area contributed by atoms with E-state index < -0.39 is 5.41 Å². The Morgan fingerprint density at radius 2 is 1.76 bits per heavy atom. The summed E-state index contributed by atoms with van der Waals surface area (Å²) in [6.45, 7) is 1.30. The lowest BCUT2D eigenvalue weighted by Crippen LogP contribution is -2.32. The van der Waals surface area contributed by atoms with Crippen LogP contribution in [0.2, 0.25) is 0 Å². The standard InChI is InChI=1S/C28H28N4OS/c29-19-28(13-15-33-16-14-28)22-7-4-8-23(18-22)34-24-10-11-25-21(17-24)9-12-26-30-31-27(32(25)26)20-5-2-1-3-6-20/h4,7-12,17-18,20H,1-3,5-6,13-16H2. The number of ether oxygens (including phenoxy) is 1. The largest absolute Gasteiger partial charge is 0.381 e. The number of rotatable bonds is 4. The van der Waals surface area contributed by atoms with Gasteiger partial charge in [-0.1, -0.05) is 43.2 Å². The molecule has 6 rings (SSSR count). The van der Waals surface area contributed by atoms with Gasteiger partial charge in [-0.15, -0.1) is 10.2 Å². The van der Waals surface area contributed by atoms with Crippen LogP contribution in [-0.4, -0.2) is 27.8 Å². The van der Waals surface area contributed by atoms with E-state index in [1.165, 1.54) is 47.9 Å². The van der Waals surface area contributed by atoms with Gasteiger partial charge in [0.1, 0.15) is 5.82 Å². The van der Waals surface area contributed by atoms with E-state index in [2.05, 4.69) is 75.3 Å². The zero-order valence-corrected chi connectivity index (χ0v) is 20.1. The zero-order valence-electron chi connectivity index (χ0n) is 19.2. The number of benzene rings is 2. The summed E-state index contributed by atoms with van der Waals surface area (Å²) < 4.78 is 7.79. The highest BCUT2D eigenvalue weighted by atomic mass is 32.2. The average molecular weight is 469 g/mol. The third-order valence-electron chi connectivity index (χ3n) is 7.52. The van der Waals surface area contributed by atoms with Crippen molar-refractivity contribution in [2.75, 3.05) is 13.2 Å². The minimum atomic E-state index is -0.437. The second-order valence-electron chi connectivity index (χ2n) is 9.58. The summed E-state index contributed by atoms with van der Waals surface area (Å²) in [4.78, 5) is 2.35. The fraction of sp³-hybridized carbons (Fsp3) is 0.393. The van der Waals surface area contributed by atoms with Crippen molar-refractivity contribution in [2.45, 2.75) is 66.1 Å². The van der Waals surface area contributed by atoms with Gasteiger partial charge in [0, 0.05) is 28.9 Å². The zero-order chi connectivity index (χ0) is 23.0. The van der Waals surface area contributed by atoms with Crippen molar-refractivity contribution in [3.63, 3.8) is 0 Å².